The maximum Gasteiger partial charge on any atom is 0.222 e. The van der Waals surface area contributed by atoms with Gasteiger partial charge in [0.05, 0.1) is 0 Å². The van der Waals surface area contributed by atoms with Crippen LogP contribution >= 0.6 is 0 Å². The molecule has 0 aromatic rings. The van der Waals surface area contributed by atoms with Crippen molar-refractivity contribution in [1.29, 1.82) is 0 Å². The van der Waals surface area contributed by atoms with Gasteiger partial charge in [-0.1, -0.05) is 13.8 Å². The van der Waals surface area contributed by atoms with Crippen LogP contribution in [0.2, 0.25) is 0 Å². The van der Waals surface area contributed by atoms with Gasteiger partial charge in [0, 0.05) is 19.5 Å². The molecule has 1 amide bonds. The molecule has 0 aliphatic heterocycles. The van der Waals surface area contributed by atoms with Crippen molar-refractivity contribution in [3.63, 3.8) is 0 Å². The second-order valence-electron chi connectivity index (χ2n) is 2.58. The average molecular weight is 156 g/mol. The summed E-state index contributed by atoms with van der Waals surface area (Å²) < 4.78 is 0. The third kappa shape index (κ3) is 4.02. The van der Waals surface area contributed by atoms with E-state index in [1.165, 1.54) is 0 Å². The molecule has 0 aromatic heterocycles. The Bertz CT molecular complexity index is 112. The molecule has 0 bridgehead atoms. The van der Waals surface area contributed by atoms with Crippen LogP contribution in [-0.2, 0) is 4.79 Å². The molecule has 0 spiro atoms. The van der Waals surface area contributed by atoms with E-state index in [9.17, 15) is 4.79 Å². The molecule has 2 nitrogen and oxygen atoms in total. The number of nitrogens with zero attached hydrogens (tertiary/aromatic N) is 1. The van der Waals surface area contributed by atoms with Crippen molar-refractivity contribution in [2.75, 3.05) is 13.1 Å². The second-order valence-corrected chi connectivity index (χ2v) is 2.58. The van der Waals surface area contributed by atoms with Crippen LogP contribution in [-0.4, -0.2) is 23.9 Å². The number of carbonyl (C=O) groups is 1. The predicted octanol–water partition coefficient (Wildman–Crippen LogP) is 1.86. The van der Waals surface area contributed by atoms with Crippen molar-refractivity contribution in [2.24, 2.45) is 0 Å². The first-order valence-electron chi connectivity index (χ1n) is 4.33. The highest BCUT2D eigenvalue weighted by Gasteiger charge is 2.07. The number of hydrogen-bond donors (Lipinski definition) is 0. The van der Waals surface area contributed by atoms with E-state index in [0.29, 0.717) is 12.8 Å². The lowest BCUT2D eigenvalue weighted by Gasteiger charge is -2.19. The number of amides is 1. The third-order valence-corrected chi connectivity index (χ3v) is 1.62. The molecule has 0 fully saturated rings. The molecule has 0 atom stereocenters. The first kappa shape index (κ1) is 10.5. The molecule has 0 saturated heterocycles. The van der Waals surface area contributed by atoms with E-state index >= 15 is 0 Å². The molecule has 65 valence electrons. The molecule has 0 heterocycles. The average Bonchev–Trinajstić information content (AvgIpc) is 2.00. The highest BCUT2D eigenvalue weighted by molar-refractivity contribution is 5.76. The summed E-state index contributed by atoms with van der Waals surface area (Å²) in [7, 11) is 0. The van der Waals surface area contributed by atoms with E-state index in [-0.39, 0.29) is 5.91 Å². The summed E-state index contributed by atoms with van der Waals surface area (Å²) >= 11 is 0. The Morgan fingerprint density at radius 1 is 1.45 bits per heavy atom. The summed E-state index contributed by atoms with van der Waals surface area (Å²) in [5, 5.41) is 0. The summed E-state index contributed by atoms with van der Waals surface area (Å²) in [5.74, 6) is 0.240. The molecule has 0 N–H and O–H groups in total. The van der Waals surface area contributed by atoms with Gasteiger partial charge in [-0.15, -0.1) is 0 Å². The van der Waals surface area contributed by atoms with Crippen LogP contribution in [0.5, 0.6) is 0 Å². The van der Waals surface area contributed by atoms with Crippen molar-refractivity contribution in [1.82, 2.24) is 4.90 Å². The number of carbonyl (C=O) groups excluding carboxylic acids is 1. The Morgan fingerprint density at radius 3 is 2.45 bits per heavy atom. The topological polar surface area (TPSA) is 20.3 Å². The molecule has 11 heavy (non-hydrogen) atoms. The van der Waals surface area contributed by atoms with Gasteiger partial charge in [-0.3, -0.25) is 4.79 Å². The Balaban J connectivity index is 3.71. The summed E-state index contributed by atoms with van der Waals surface area (Å²) in [4.78, 5) is 13.1. The molecule has 0 saturated carbocycles. The van der Waals surface area contributed by atoms with Crippen molar-refractivity contribution in [2.45, 2.75) is 33.1 Å². The van der Waals surface area contributed by atoms with Gasteiger partial charge in [-0.2, -0.15) is 0 Å². The summed E-state index contributed by atoms with van der Waals surface area (Å²) in [6, 6.07) is 0. The fraction of sp³-hybridized carbons (Fsp3) is 0.778. The van der Waals surface area contributed by atoms with E-state index in [0.717, 1.165) is 19.5 Å². The van der Waals surface area contributed by atoms with Gasteiger partial charge in [0.15, 0.2) is 0 Å². The van der Waals surface area contributed by atoms with E-state index in [1.54, 1.807) is 0 Å². The predicted molar refractivity (Wildman–Crippen MR) is 47.1 cm³/mol. The second kappa shape index (κ2) is 6.20. The minimum Gasteiger partial charge on any atom is -0.343 e. The van der Waals surface area contributed by atoms with Gasteiger partial charge in [-0.25, -0.2) is 0 Å². The normalized spacial score (nSPS) is 9.73. The van der Waals surface area contributed by atoms with E-state index in [4.69, 9.17) is 0 Å². The number of rotatable bonds is 5. The van der Waals surface area contributed by atoms with Gasteiger partial charge in [0.25, 0.3) is 0 Å². The molecule has 0 aliphatic rings. The van der Waals surface area contributed by atoms with E-state index < -0.39 is 0 Å². The van der Waals surface area contributed by atoms with Crippen molar-refractivity contribution < 1.29 is 4.79 Å². The minimum atomic E-state index is 0.240. The van der Waals surface area contributed by atoms with E-state index in [1.807, 2.05) is 11.8 Å². The van der Waals surface area contributed by atoms with Crippen LogP contribution in [0.25, 0.3) is 0 Å². The van der Waals surface area contributed by atoms with Gasteiger partial charge in [0.2, 0.25) is 5.91 Å². The molecule has 1 radical (unpaired) electrons. The van der Waals surface area contributed by atoms with Crippen LogP contribution in [0.3, 0.4) is 0 Å². The van der Waals surface area contributed by atoms with Gasteiger partial charge >= 0.3 is 0 Å². The maximum absolute atomic E-state index is 11.3. The van der Waals surface area contributed by atoms with E-state index in [2.05, 4.69) is 13.8 Å². The molecule has 0 aliphatic carbocycles. The maximum atomic E-state index is 11.3. The molecule has 0 rings (SSSR count). The summed E-state index contributed by atoms with van der Waals surface area (Å²) in [6.45, 7) is 9.46. The van der Waals surface area contributed by atoms with Gasteiger partial charge in [-0.05, 0) is 19.8 Å². The van der Waals surface area contributed by atoms with Gasteiger partial charge in [0.1, 0.15) is 0 Å². The molecule has 2 heteroatoms. The highest BCUT2D eigenvalue weighted by Crippen LogP contribution is 1.97. The highest BCUT2D eigenvalue weighted by atomic mass is 16.2. The van der Waals surface area contributed by atoms with Crippen molar-refractivity contribution >= 4 is 5.91 Å². The van der Waals surface area contributed by atoms with Crippen LogP contribution in [0.4, 0.5) is 0 Å². The smallest absolute Gasteiger partial charge is 0.222 e. The lowest BCUT2D eigenvalue weighted by molar-refractivity contribution is -0.130. The fourth-order valence-corrected chi connectivity index (χ4v) is 1.04. The molecule has 0 unspecified atom stereocenters. The largest absolute Gasteiger partial charge is 0.343 e. The molecule has 0 aromatic carbocycles. The Morgan fingerprint density at radius 2 is 2.09 bits per heavy atom. The fourth-order valence-electron chi connectivity index (χ4n) is 1.04. The Hall–Kier alpha value is -0.530. The standard InChI is InChI=1S/C9H18NO/c1-4-7-9(11)10(6-3)8-5-2/h1,4-8H2,2-3H3. The monoisotopic (exact) mass is 156 g/mol. The first-order valence-corrected chi connectivity index (χ1v) is 4.33. The van der Waals surface area contributed by atoms with Crippen LogP contribution in [0.1, 0.15) is 33.1 Å². The Labute approximate surface area is 69.6 Å². The van der Waals surface area contributed by atoms with Crippen LogP contribution in [0, 0.1) is 6.92 Å². The lowest BCUT2D eigenvalue weighted by atomic mass is 10.3. The SMILES string of the molecule is [CH2]CCC(=O)N(CC)CCC. The molecular weight excluding hydrogens is 138 g/mol. The quantitative estimate of drug-likeness (QED) is 0.595. The first-order chi connectivity index (χ1) is 5.26. The zero-order valence-electron chi connectivity index (χ0n) is 7.60. The van der Waals surface area contributed by atoms with Crippen molar-refractivity contribution in [3.05, 3.63) is 6.92 Å². The van der Waals surface area contributed by atoms with Crippen LogP contribution < -0.4 is 0 Å². The summed E-state index contributed by atoms with van der Waals surface area (Å²) in [5.41, 5.74) is 0. The van der Waals surface area contributed by atoms with Crippen molar-refractivity contribution in [3.8, 4) is 0 Å². The lowest BCUT2D eigenvalue weighted by Crippen LogP contribution is -2.31. The minimum absolute atomic E-state index is 0.240. The van der Waals surface area contributed by atoms with Crippen LogP contribution in [0.15, 0.2) is 0 Å². The van der Waals surface area contributed by atoms with Gasteiger partial charge < -0.3 is 4.90 Å². The zero-order valence-corrected chi connectivity index (χ0v) is 7.60. The summed E-state index contributed by atoms with van der Waals surface area (Å²) in [6.07, 6.45) is 2.34. The third-order valence-electron chi connectivity index (χ3n) is 1.62. The Kier molecular flexibility index (Phi) is 5.90. The molecular formula is C9H18NO. The number of hydrogen-bond acceptors (Lipinski definition) is 1. The zero-order chi connectivity index (χ0) is 8.69.